The smallest absolute Gasteiger partial charge is 0.134 e. The van der Waals surface area contributed by atoms with Gasteiger partial charge in [-0.05, 0) is 30.7 Å². The second-order valence-electron chi connectivity index (χ2n) is 4.58. The van der Waals surface area contributed by atoms with Gasteiger partial charge in [0.2, 0.25) is 0 Å². The van der Waals surface area contributed by atoms with Gasteiger partial charge in [-0.15, -0.1) is 11.8 Å². The lowest BCUT2D eigenvalue weighted by Crippen LogP contribution is -1.95. The van der Waals surface area contributed by atoms with Crippen LogP contribution in [0.25, 0.3) is 0 Å². The molecule has 2 aromatic rings. The normalized spacial score (nSPS) is 10.1. The molecule has 0 saturated heterocycles. The Morgan fingerprint density at radius 2 is 2.19 bits per heavy atom. The molecule has 0 atom stereocenters. The van der Waals surface area contributed by atoms with E-state index >= 15 is 0 Å². The molecule has 0 spiro atoms. The predicted octanol–water partition coefficient (Wildman–Crippen LogP) is 2.34. The molecule has 2 rings (SSSR count). The number of aryl methyl sites for hydroxylation is 2. The van der Waals surface area contributed by atoms with Gasteiger partial charge in [0, 0.05) is 12.8 Å². The van der Waals surface area contributed by atoms with E-state index in [2.05, 4.69) is 35.1 Å². The molecule has 1 heterocycles. The van der Waals surface area contributed by atoms with Crippen LogP contribution in [0, 0.1) is 18.8 Å². The summed E-state index contributed by atoms with van der Waals surface area (Å²) in [5.41, 5.74) is 8.54. The minimum absolute atomic E-state index is 0.344. The first kappa shape index (κ1) is 15.5. The van der Waals surface area contributed by atoms with Gasteiger partial charge in [-0.2, -0.15) is 5.10 Å². The SMILES string of the molecule is COc1ccc(CSc2cc(C)nn2C)cc1C#CCN. The molecule has 1 aromatic heterocycles. The van der Waals surface area contributed by atoms with Crippen LogP contribution in [0.1, 0.15) is 16.8 Å². The van der Waals surface area contributed by atoms with Crippen molar-refractivity contribution in [2.45, 2.75) is 17.7 Å². The third-order valence-electron chi connectivity index (χ3n) is 2.93. The number of thioether (sulfide) groups is 1. The van der Waals surface area contributed by atoms with Crippen molar-refractivity contribution < 1.29 is 4.74 Å². The molecular formula is C16H19N3OS. The molecule has 0 aliphatic carbocycles. The number of hydrogen-bond donors (Lipinski definition) is 1. The molecule has 110 valence electrons. The fourth-order valence-electron chi connectivity index (χ4n) is 1.97. The Labute approximate surface area is 129 Å². The van der Waals surface area contributed by atoms with Crippen LogP contribution in [0.4, 0.5) is 0 Å². The van der Waals surface area contributed by atoms with Crippen LogP contribution < -0.4 is 10.5 Å². The molecule has 0 radical (unpaired) electrons. The third-order valence-corrected chi connectivity index (χ3v) is 4.09. The van der Waals surface area contributed by atoms with E-state index in [1.165, 1.54) is 5.56 Å². The van der Waals surface area contributed by atoms with E-state index in [0.717, 1.165) is 27.8 Å². The van der Waals surface area contributed by atoms with Gasteiger partial charge in [0.05, 0.1) is 29.9 Å². The number of ether oxygens (including phenoxy) is 1. The second-order valence-corrected chi connectivity index (χ2v) is 5.57. The van der Waals surface area contributed by atoms with Crippen LogP contribution in [0.2, 0.25) is 0 Å². The van der Waals surface area contributed by atoms with Crippen molar-refractivity contribution in [1.82, 2.24) is 9.78 Å². The topological polar surface area (TPSA) is 53.1 Å². The molecule has 0 aliphatic heterocycles. The van der Waals surface area contributed by atoms with Crippen LogP contribution >= 0.6 is 11.8 Å². The minimum atomic E-state index is 0.344. The van der Waals surface area contributed by atoms with Crippen molar-refractivity contribution in [2.75, 3.05) is 13.7 Å². The van der Waals surface area contributed by atoms with Crippen molar-refractivity contribution in [2.24, 2.45) is 12.8 Å². The van der Waals surface area contributed by atoms with E-state index < -0.39 is 0 Å². The molecule has 0 fully saturated rings. The zero-order chi connectivity index (χ0) is 15.2. The van der Waals surface area contributed by atoms with Crippen molar-refractivity contribution in [3.63, 3.8) is 0 Å². The Balaban J connectivity index is 2.15. The standard InChI is InChI=1S/C16H19N3OS/c1-12-9-16(19(2)18-12)21-11-13-6-7-15(20-3)14(10-13)5-4-8-17/h6-7,9-10H,8,11,17H2,1-3H3. The van der Waals surface area contributed by atoms with Gasteiger partial charge in [0.25, 0.3) is 0 Å². The fourth-order valence-corrected chi connectivity index (χ4v) is 2.94. The number of nitrogens with two attached hydrogens (primary N) is 1. The van der Waals surface area contributed by atoms with Crippen LogP contribution in [0.5, 0.6) is 5.75 Å². The maximum Gasteiger partial charge on any atom is 0.134 e. The number of rotatable bonds is 4. The van der Waals surface area contributed by atoms with Gasteiger partial charge in [0.1, 0.15) is 5.75 Å². The lowest BCUT2D eigenvalue weighted by molar-refractivity contribution is 0.413. The maximum absolute atomic E-state index is 5.43. The van der Waals surface area contributed by atoms with Gasteiger partial charge in [-0.1, -0.05) is 17.9 Å². The molecule has 2 N–H and O–H groups in total. The number of aromatic nitrogens is 2. The Morgan fingerprint density at radius 1 is 1.38 bits per heavy atom. The second kappa shape index (κ2) is 7.21. The molecule has 5 heteroatoms. The highest BCUT2D eigenvalue weighted by Gasteiger charge is 2.06. The summed E-state index contributed by atoms with van der Waals surface area (Å²) < 4.78 is 7.22. The number of nitrogens with zero attached hydrogens (tertiary/aromatic N) is 2. The van der Waals surface area contributed by atoms with E-state index in [4.69, 9.17) is 10.5 Å². The predicted molar refractivity (Wildman–Crippen MR) is 86.4 cm³/mol. The Bertz CT molecular complexity index is 683. The van der Waals surface area contributed by atoms with E-state index in [1.807, 2.05) is 24.7 Å². The van der Waals surface area contributed by atoms with Gasteiger partial charge >= 0.3 is 0 Å². The quantitative estimate of drug-likeness (QED) is 0.695. The van der Waals surface area contributed by atoms with Crippen LogP contribution in [0.3, 0.4) is 0 Å². The first-order valence-electron chi connectivity index (χ1n) is 6.63. The van der Waals surface area contributed by atoms with Gasteiger partial charge < -0.3 is 10.5 Å². The highest BCUT2D eigenvalue weighted by atomic mass is 32.2. The first-order valence-corrected chi connectivity index (χ1v) is 7.62. The van der Waals surface area contributed by atoms with Crippen molar-refractivity contribution >= 4 is 11.8 Å². The summed E-state index contributed by atoms with van der Waals surface area (Å²) in [6.45, 7) is 2.34. The van der Waals surface area contributed by atoms with Crippen molar-refractivity contribution in [3.8, 4) is 17.6 Å². The van der Waals surface area contributed by atoms with Gasteiger partial charge in [-0.25, -0.2) is 0 Å². The molecule has 4 nitrogen and oxygen atoms in total. The maximum atomic E-state index is 5.43. The van der Waals surface area contributed by atoms with E-state index in [0.29, 0.717) is 6.54 Å². The molecular weight excluding hydrogens is 282 g/mol. The highest BCUT2D eigenvalue weighted by Crippen LogP contribution is 2.26. The summed E-state index contributed by atoms with van der Waals surface area (Å²) >= 11 is 1.75. The van der Waals surface area contributed by atoms with Crippen LogP contribution in [-0.4, -0.2) is 23.4 Å². The summed E-state index contributed by atoms with van der Waals surface area (Å²) in [6, 6.07) is 8.15. The van der Waals surface area contributed by atoms with Gasteiger partial charge in [-0.3, -0.25) is 4.68 Å². The number of methoxy groups -OCH3 is 1. The van der Waals surface area contributed by atoms with Crippen LogP contribution in [-0.2, 0) is 12.8 Å². The molecule has 0 unspecified atom stereocenters. The van der Waals surface area contributed by atoms with E-state index in [1.54, 1.807) is 18.9 Å². The summed E-state index contributed by atoms with van der Waals surface area (Å²) in [5, 5.41) is 5.50. The molecule has 1 aromatic carbocycles. The minimum Gasteiger partial charge on any atom is -0.495 e. The lowest BCUT2D eigenvalue weighted by atomic mass is 10.1. The average molecular weight is 301 g/mol. The number of hydrogen-bond acceptors (Lipinski definition) is 4. The highest BCUT2D eigenvalue weighted by molar-refractivity contribution is 7.98. The van der Waals surface area contributed by atoms with E-state index in [9.17, 15) is 0 Å². The summed E-state index contributed by atoms with van der Waals surface area (Å²) in [4.78, 5) is 0. The zero-order valence-corrected chi connectivity index (χ0v) is 13.3. The Morgan fingerprint density at radius 3 is 2.81 bits per heavy atom. The summed E-state index contributed by atoms with van der Waals surface area (Å²) in [6.07, 6.45) is 0. The molecule has 0 saturated carbocycles. The third kappa shape index (κ3) is 4.03. The average Bonchev–Trinajstić information content (AvgIpc) is 2.81. The largest absolute Gasteiger partial charge is 0.495 e. The van der Waals surface area contributed by atoms with Crippen LogP contribution in [0.15, 0.2) is 29.3 Å². The molecule has 21 heavy (non-hydrogen) atoms. The summed E-state index contributed by atoms with van der Waals surface area (Å²) in [7, 11) is 3.61. The fraction of sp³-hybridized carbons (Fsp3) is 0.312. The molecule has 0 amide bonds. The molecule has 0 aliphatic rings. The Kier molecular flexibility index (Phi) is 5.32. The van der Waals surface area contributed by atoms with E-state index in [-0.39, 0.29) is 0 Å². The van der Waals surface area contributed by atoms with Crippen molar-refractivity contribution in [3.05, 3.63) is 41.1 Å². The molecule has 0 bridgehead atoms. The summed E-state index contributed by atoms with van der Waals surface area (Å²) in [5.74, 6) is 7.56. The monoisotopic (exact) mass is 301 g/mol. The number of benzene rings is 1. The zero-order valence-electron chi connectivity index (χ0n) is 12.5. The lowest BCUT2D eigenvalue weighted by Gasteiger charge is -2.07. The Hall–Kier alpha value is -1.90. The van der Waals surface area contributed by atoms with Gasteiger partial charge in [0.15, 0.2) is 0 Å². The van der Waals surface area contributed by atoms with Crippen molar-refractivity contribution in [1.29, 1.82) is 0 Å². The first-order chi connectivity index (χ1) is 10.1.